The van der Waals surface area contributed by atoms with Crippen LogP contribution in [0.25, 0.3) is 0 Å². The second-order valence-corrected chi connectivity index (χ2v) is 8.65. The molecule has 28 heavy (non-hydrogen) atoms. The van der Waals surface area contributed by atoms with Gasteiger partial charge in [-0.05, 0) is 51.5 Å². The summed E-state index contributed by atoms with van der Waals surface area (Å²) >= 11 is 1.75. The molecule has 0 radical (unpaired) electrons. The van der Waals surface area contributed by atoms with Gasteiger partial charge in [0.2, 0.25) is 0 Å². The summed E-state index contributed by atoms with van der Waals surface area (Å²) in [7, 11) is 0. The highest BCUT2D eigenvalue weighted by Gasteiger charge is 2.35. The van der Waals surface area contributed by atoms with Crippen molar-refractivity contribution in [2.45, 2.75) is 44.0 Å². The minimum atomic E-state index is -0.528. The summed E-state index contributed by atoms with van der Waals surface area (Å²) in [6.07, 6.45) is 1.79. The maximum absolute atomic E-state index is 13.0. The molecule has 1 heterocycles. The number of morpholine rings is 1. The van der Waals surface area contributed by atoms with Crippen LogP contribution in [-0.4, -0.2) is 60.9 Å². The quantitative estimate of drug-likeness (QED) is 0.193. The standard InChI is InChI=1S/C22H31NO4S/c1-17(2)21(25)27-13-5-6-16-28-19-9-7-18(8-10-19)20(24)22(3,4)23-11-14-26-15-12-23/h7-10H,1,5-6,11-16H2,2-4H3. The second kappa shape index (κ2) is 10.8. The maximum Gasteiger partial charge on any atom is 0.333 e. The van der Waals surface area contributed by atoms with Crippen molar-refractivity contribution in [3.63, 3.8) is 0 Å². The average molecular weight is 406 g/mol. The van der Waals surface area contributed by atoms with Gasteiger partial charge in [-0.25, -0.2) is 4.79 Å². The molecule has 0 aromatic heterocycles. The summed E-state index contributed by atoms with van der Waals surface area (Å²) in [4.78, 5) is 27.6. The van der Waals surface area contributed by atoms with Gasteiger partial charge in [-0.2, -0.15) is 0 Å². The normalized spacial score (nSPS) is 15.2. The third-order valence-electron chi connectivity index (χ3n) is 4.86. The summed E-state index contributed by atoms with van der Waals surface area (Å²) in [6.45, 7) is 12.5. The van der Waals surface area contributed by atoms with Gasteiger partial charge in [-0.15, -0.1) is 11.8 Å². The predicted octanol–water partition coefficient (Wildman–Crippen LogP) is 3.97. The molecule has 0 saturated carbocycles. The van der Waals surface area contributed by atoms with E-state index in [1.54, 1.807) is 18.7 Å². The van der Waals surface area contributed by atoms with Crippen molar-refractivity contribution in [3.8, 4) is 0 Å². The van der Waals surface area contributed by atoms with Gasteiger partial charge in [0.05, 0.1) is 25.4 Å². The number of carbonyl (C=O) groups is 2. The zero-order valence-electron chi connectivity index (χ0n) is 17.2. The fraction of sp³-hybridized carbons (Fsp3) is 0.545. The zero-order chi connectivity index (χ0) is 20.6. The van der Waals surface area contributed by atoms with Crippen molar-refractivity contribution in [1.82, 2.24) is 4.90 Å². The van der Waals surface area contributed by atoms with Crippen LogP contribution in [-0.2, 0) is 14.3 Å². The topological polar surface area (TPSA) is 55.8 Å². The highest BCUT2D eigenvalue weighted by Crippen LogP contribution is 2.25. The first-order chi connectivity index (χ1) is 13.3. The largest absolute Gasteiger partial charge is 0.462 e. The van der Waals surface area contributed by atoms with Gasteiger partial charge in [-0.1, -0.05) is 18.7 Å². The van der Waals surface area contributed by atoms with Crippen molar-refractivity contribution in [2.24, 2.45) is 0 Å². The van der Waals surface area contributed by atoms with E-state index in [1.807, 2.05) is 38.1 Å². The van der Waals surface area contributed by atoms with E-state index in [9.17, 15) is 9.59 Å². The van der Waals surface area contributed by atoms with Gasteiger partial charge in [-0.3, -0.25) is 9.69 Å². The SMILES string of the molecule is C=C(C)C(=O)OCCCCSc1ccc(C(=O)C(C)(C)N2CCOCC2)cc1. The number of rotatable bonds is 10. The van der Waals surface area contributed by atoms with Crippen LogP contribution in [0, 0.1) is 0 Å². The smallest absolute Gasteiger partial charge is 0.333 e. The molecule has 2 rings (SSSR count). The first kappa shape index (κ1) is 22.7. The molecular formula is C22H31NO4S. The molecule has 1 aromatic carbocycles. The molecule has 0 unspecified atom stereocenters. The lowest BCUT2D eigenvalue weighted by Crippen LogP contribution is -2.54. The number of benzene rings is 1. The van der Waals surface area contributed by atoms with Gasteiger partial charge < -0.3 is 9.47 Å². The number of hydrogen-bond acceptors (Lipinski definition) is 6. The summed E-state index contributed by atoms with van der Waals surface area (Å²) in [5.74, 6) is 0.759. The van der Waals surface area contributed by atoms with Crippen molar-refractivity contribution in [2.75, 3.05) is 38.7 Å². The van der Waals surface area contributed by atoms with E-state index in [0.717, 1.165) is 42.1 Å². The van der Waals surface area contributed by atoms with E-state index in [1.165, 1.54) is 0 Å². The summed E-state index contributed by atoms with van der Waals surface area (Å²) in [5, 5.41) is 0. The first-order valence-corrected chi connectivity index (χ1v) is 10.7. The van der Waals surface area contributed by atoms with Crippen molar-refractivity contribution >= 4 is 23.5 Å². The second-order valence-electron chi connectivity index (χ2n) is 7.48. The molecule has 1 fully saturated rings. The Morgan fingerprint density at radius 2 is 1.82 bits per heavy atom. The van der Waals surface area contributed by atoms with E-state index >= 15 is 0 Å². The van der Waals surface area contributed by atoms with Crippen molar-refractivity contribution in [3.05, 3.63) is 42.0 Å². The lowest BCUT2D eigenvalue weighted by atomic mass is 9.91. The lowest BCUT2D eigenvalue weighted by Gasteiger charge is -2.39. The van der Waals surface area contributed by atoms with E-state index in [0.29, 0.717) is 25.4 Å². The summed E-state index contributed by atoms with van der Waals surface area (Å²) in [6, 6.07) is 7.85. The van der Waals surface area contributed by atoms with Crippen LogP contribution in [0.15, 0.2) is 41.3 Å². The van der Waals surface area contributed by atoms with E-state index < -0.39 is 5.54 Å². The average Bonchev–Trinajstić information content (AvgIpc) is 2.70. The number of ether oxygens (including phenoxy) is 2. The van der Waals surface area contributed by atoms with Gasteiger partial charge in [0.1, 0.15) is 0 Å². The van der Waals surface area contributed by atoms with Crippen LogP contribution >= 0.6 is 11.8 Å². The molecule has 0 N–H and O–H groups in total. The number of carbonyl (C=O) groups excluding carboxylic acids is 2. The number of hydrogen-bond donors (Lipinski definition) is 0. The van der Waals surface area contributed by atoms with E-state index in [4.69, 9.17) is 9.47 Å². The Bertz CT molecular complexity index is 678. The molecule has 1 saturated heterocycles. The van der Waals surface area contributed by atoms with Crippen molar-refractivity contribution < 1.29 is 19.1 Å². The molecule has 1 aliphatic heterocycles. The predicted molar refractivity (Wildman–Crippen MR) is 113 cm³/mol. The number of ketones is 1. The molecule has 0 bridgehead atoms. The minimum Gasteiger partial charge on any atom is -0.462 e. The highest BCUT2D eigenvalue weighted by molar-refractivity contribution is 7.99. The number of esters is 1. The maximum atomic E-state index is 13.0. The van der Waals surface area contributed by atoms with Gasteiger partial charge in [0.15, 0.2) is 5.78 Å². The Morgan fingerprint density at radius 1 is 1.18 bits per heavy atom. The molecule has 0 spiro atoms. The Morgan fingerprint density at radius 3 is 2.43 bits per heavy atom. The number of unbranched alkanes of at least 4 members (excludes halogenated alkanes) is 1. The van der Waals surface area contributed by atoms with E-state index in [2.05, 4.69) is 11.5 Å². The number of thioether (sulfide) groups is 1. The van der Waals surface area contributed by atoms with Crippen LogP contribution in [0.4, 0.5) is 0 Å². The Kier molecular flexibility index (Phi) is 8.73. The lowest BCUT2D eigenvalue weighted by molar-refractivity contribution is -0.139. The molecule has 6 heteroatoms. The first-order valence-electron chi connectivity index (χ1n) is 9.75. The Balaban J connectivity index is 1.77. The molecular weight excluding hydrogens is 374 g/mol. The molecule has 1 aliphatic rings. The minimum absolute atomic E-state index is 0.144. The fourth-order valence-corrected chi connectivity index (χ4v) is 3.92. The number of nitrogens with zero attached hydrogens (tertiary/aromatic N) is 1. The Labute approximate surface area is 172 Å². The van der Waals surface area contributed by atoms with Crippen molar-refractivity contribution in [1.29, 1.82) is 0 Å². The van der Waals surface area contributed by atoms with Gasteiger partial charge in [0.25, 0.3) is 0 Å². The Hall–Kier alpha value is -1.63. The molecule has 0 atom stereocenters. The van der Waals surface area contributed by atoms with Crippen LogP contribution < -0.4 is 0 Å². The molecule has 0 aliphatic carbocycles. The van der Waals surface area contributed by atoms with Crippen LogP contribution in [0.1, 0.15) is 44.0 Å². The molecule has 154 valence electrons. The number of Topliss-reactive ketones (excluding diaryl/α,β-unsaturated/α-hetero) is 1. The summed E-state index contributed by atoms with van der Waals surface area (Å²) < 4.78 is 10.5. The van der Waals surface area contributed by atoms with Crippen LogP contribution in [0.5, 0.6) is 0 Å². The third kappa shape index (κ3) is 6.47. The van der Waals surface area contributed by atoms with E-state index in [-0.39, 0.29) is 11.8 Å². The zero-order valence-corrected chi connectivity index (χ0v) is 18.0. The summed E-state index contributed by atoms with van der Waals surface area (Å²) in [5.41, 5.74) is 0.646. The molecule has 5 nitrogen and oxygen atoms in total. The van der Waals surface area contributed by atoms with Gasteiger partial charge >= 0.3 is 5.97 Å². The molecule has 1 aromatic rings. The monoisotopic (exact) mass is 405 g/mol. The highest BCUT2D eigenvalue weighted by atomic mass is 32.2. The van der Waals surface area contributed by atoms with Gasteiger partial charge in [0, 0.05) is 29.1 Å². The third-order valence-corrected chi connectivity index (χ3v) is 5.96. The van der Waals surface area contributed by atoms with Crippen LogP contribution in [0.2, 0.25) is 0 Å². The molecule has 0 amide bonds. The van der Waals surface area contributed by atoms with Crippen LogP contribution in [0.3, 0.4) is 0 Å². The fourth-order valence-electron chi connectivity index (χ4n) is 3.00.